The Morgan fingerprint density at radius 3 is 2.72 bits per heavy atom. The number of carbonyl (C=O) groups is 2. The van der Waals surface area contributed by atoms with Gasteiger partial charge in [0.15, 0.2) is 0 Å². The molecule has 1 atom stereocenters. The summed E-state index contributed by atoms with van der Waals surface area (Å²) in [7, 11) is 0. The third-order valence-electron chi connectivity index (χ3n) is 4.98. The molecule has 1 aromatic heterocycles. The molecule has 1 heterocycles. The van der Waals surface area contributed by atoms with E-state index < -0.39 is 0 Å². The van der Waals surface area contributed by atoms with Gasteiger partial charge in [-0.2, -0.15) is 0 Å². The zero-order valence-corrected chi connectivity index (χ0v) is 19.5. The summed E-state index contributed by atoms with van der Waals surface area (Å²) in [6.07, 6.45) is 1.07. The highest BCUT2D eigenvalue weighted by Crippen LogP contribution is 2.32. The van der Waals surface area contributed by atoms with E-state index in [9.17, 15) is 9.59 Å². The maximum atomic E-state index is 12.5. The van der Waals surface area contributed by atoms with Crippen LogP contribution in [-0.4, -0.2) is 29.4 Å². The molecule has 2 aromatic carbocycles. The first kappa shape index (κ1) is 23.5. The van der Waals surface area contributed by atoms with E-state index in [0.29, 0.717) is 18.7 Å². The number of ether oxygens (including phenoxy) is 1. The number of rotatable bonds is 10. The van der Waals surface area contributed by atoms with E-state index in [1.165, 1.54) is 11.3 Å². The second kappa shape index (κ2) is 11.4. The molecule has 0 aliphatic rings. The Hall–Kier alpha value is -3.19. The fraction of sp³-hybridized carbons (Fsp3) is 0.320. The molecule has 0 radical (unpaired) electrons. The van der Waals surface area contributed by atoms with Crippen molar-refractivity contribution in [1.29, 1.82) is 0 Å². The number of para-hydroxylation sites is 1. The van der Waals surface area contributed by atoms with Gasteiger partial charge in [0.2, 0.25) is 5.91 Å². The average molecular weight is 452 g/mol. The number of thiazole rings is 1. The average Bonchev–Trinajstić information content (AvgIpc) is 3.26. The van der Waals surface area contributed by atoms with Crippen LogP contribution in [0, 0.1) is 0 Å². The number of amides is 2. The van der Waals surface area contributed by atoms with E-state index in [1.807, 2.05) is 68.6 Å². The predicted octanol–water partition coefficient (Wildman–Crippen LogP) is 4.60. The molecule has 0 aliphatic carbocycles. The summed E-state index contributed by atoms with van der Waals surface area (Å²) in [5, 5.41) is 8.60. The van der Waals surface area contributed by atoms with E-state index in [2.05, 4.69) is 15.6 Å². The SMILES string of the molecule is CCOc1ccccc1-c1nc(CC(=O)NCc2cccc(C(=O)NC(C)CC)c2)cs1. The molecule has 168 valence electrons. The van der Waals surface area contributed by atoms with Crippen LogP contribution in [0.15, 0.2) is 53.9 Å². The molecule has 0 bridgehead atoms. The molecule has 0 spiro atoms. The van der Waals surface area contributed by atoms with Gasteiger partial charge >= 0.3 is 0 Å². The minimum Gasteiger partial charge on any atom is -0.493 e. The Kier molecular flexibility index (Phi) is 8.39. The minimum absolute atomic E-state index is 0.102. The van der Waals surface area contributed by atoms with Crippen molar-refractivity contribution in [2.24, 2.45) is 0 Å². The van der Waals surface area contributed by atoms with Crippen LogP contribution in [0.1, 0.15) is 48.8 Å². The van der Waals surface area contributed by atoms with Gasteiger partial charge in [-0.3, -0.25) is 9.59 Å². The Balaban J connectivity index is 1.57. The number of carbonyl (C=O) groups excluding carboxylic acids is 2. The summed E-state index contributed by atoms with van der Waals surface area (Å²) in [5.74, 6) is 0.571. The lowest BCUT2D eigenvalue weighted by molar-refractivity contribution is -0.120. The first-order valence-corrected chi connectivity index (χ1v) is 11.7. The van der Waals surface area contributed by atoms with Crippen molar-refractivity contribution in [2.45, 2.75) is 46.2 Å². The van der Waals surface area contributed by atoms with E-state index in [0.717, 1.165) is 34.0 Å². The number of nitrogens with one attached hydrogen (secondary N) is 2. The van der Waals surface area contributed by atoms with Crippen LogP contribution >= 0.6 is 11.3 Å². The second-order valence-electron chi connectivity index (χ2n) is 7.51. The van der Waals surface area contributed by atoms with Crippen molar-refractivity contribution < 1.29 is 14.3 Å². The summed E-state index contributed by atoms with van der Waals surface area (Å²) in [5.41, 5.74) is 3.11. The van der Waals surface area contributed by atoms with Crippen molar-refractivity contribution >= 4 is 23.2 Å². The smallest absolute Gasteiger partial charge is 0.251 e. The molecule has 6 nitrogen and oxygen atoms in total. The van der Waals surface area contributed by atoms with Gasteiger partial charge in [-0.15, -0.1) is 11.3 Å². The quantitative estimate of drug-likeness (QED) is 0.472. The monoisotopic (exact) mass is 451 g/mol. The van der Waals surface area contributed by atoms with Crippen LogP contribution in [0.2, 0.25) is 0 Å². The molecule has 3 rings (SSSR count). The third-order valence-corrected chi connectivity index (χ3v) is 5.90. The van der Waals surface area contributed by atoms with Gasteiger partial charge in [0.05, 0.1) is 24.3 Å². The van der Waals surface area contributed by atoms with Crippen molar-refractivity contribution in [3.8, 4) is 16.3 Å². The summed E-state index contributed by atoms with van der Waals surface area (Å²) < 4.78 is 5.68. The van der Waals surface area contributed by atoms with Gasteiger partial charge < -0.3 is 15.4 Å². The Labute approximate surface area is 193 Å². The zero-order valence-electron chi connectivity index (χ0n) is 18.7. The third kappa shape index (κ3) is 6.40. The van der Waals surface area contributed by atoms with E-state index in [1.54, 1.807) is 6.07 Å². The lowest BCUT2D eigenvalue weighted by atomic mass is 10.1. The lowest BCUT2D eigenvalue weighted by Crippen LogP contribution is -2.32. The molecule has 0 fully saturated rings. The summed E-state index contributed by atoms with van der Waals surface area (Å²) >= 11 is 1.50. The molecular weight excluding hydrogens is 422 g/mol. The van der Waals surface area contributed by atoms with Crippen molar-refractivity contribution in [2.75, 3.05) is 6.61 Å². The highest BCUT2D eigenvalue weighted by atomic mass is 32.1. The number of hydrogen-bond acceptors (Lipinski definition) is 5. The number of hydrogen-bond donors (Lipinski definition) is 2. The minimum atomic E-state index is -0.116. The van der Waals surface area contributed by atoms with Crippen LogP contribution in [0.3, 0.4) is 0 Å². The van der Waals surface area contributed by atoms with Crippen molar-refractivity contribution in [3.63, 3.8) is 0 Å². The largest absolute Gasteiger partial charge is 0.493 e. The fourth-order valence-electron chi connectivity index (χ4n) is 3.10. The molecule has 32 heavy (non-hydrogen) atoms. The van der Waals surface area contributed by atoms with Crippen LogP contribution in [0.4, 0.5) is 0 Å². The van der Waals surface area contributed by atoms with Gasteiger partial charge in [0.1, 0.15) is 10.8 Å². The predicted molar refractivity (Wildman–Crippen MR) is 128 cm³/mol. The molecule has 2 N–H and O–H groups in total. The topological polar surface area (TPSA) is 80.3 Å². The Bertz CT molecular complexity index is 1060. The van der Waals surface area contributed by atoms with Gasteiger partial charge in [-0.05, 0) is 50.1 Å². The standard InChI is InChI=1S/C25H29N3O3S/c1-4-17(3)27-24(30)19-10-8-9-18(13-19)15-26-23(29)14-20-16-32-25(28-20)21-11-6-7-12-22(21)31-5-2/h6-13,16-17H,4-5,14-15H2,1-3H3,(H,26,29)(H,27,30). The normalized spacial score (nSPS) is 11.6. The molecule has 2 amide bonds. The van der Waals surface area contributed by atoms with Gasteiger partial charge in [-0.1, -0.05) is 31.2 Å². The molecule has 7 heteroatoms. The van der Waals surface area contributed by atoms with Crippen LogP contribution < -0.4 is 15.4 Å². The first-order valence-electron chi connectivity index (χ1n) is 10.8. The first-order chi connectivity index (χ1) is 15.5. The summed E-state index contributed by atoms with van der Waals surface area (Å²) in [4.78, 5) is 29.4. The van der Waals surface area contributed by atoms with Crippen LogP contribution in [-0.2, 0) is 17.8 Å². The molecule has 0 aliphatic heterocycles. The van der Waals surface area contributed by atoms with Gasteiger partial charge in [-0.25, -0.2) is 4.98 Å². The Morgan fingerprint density at radius 1 is 1.12 bits per heavy atom. The maximum Gasteiger partial charge on any atom is 0.251 e. The van der Waals surface area contributed by atoms with Crippen molar-refractivity contribution in [3.05, 3.63) is 70.7 Å². The number of nitrogens with zero attached hydrogens (tertiary/aromatic N) is 1. The van der Waals surface area contributed by atoms with Crippen LogP contribution in [0.5, 0.6) is 5.75 Å². The Morgan fingerprint density at radius 2 is 1.94 bits per heavy atom. The molecular formula is C25H29N3O3S. The van der Waals surface area contributed by atoms with Crippen LogP contribution in [0.25, 0.3) is 10.6 Å². The molecule has 1 unspecified atom stereocenters. The lowest BCUT2D eigenvalue weighted by Gasteiger charge is -2.12. The maximum absolute atomic E-state index is 12.5. The van der Waals surface area contributed by atoms with Gasteiger partial charge in [0.25, 0.3) is 5.91 Å². The highest BCUT2D eigenvalue weighted by Gasteiger charge is 2.13. The fourth-order valence-corrected chi connectivity index (χ4v) is 3.95. The van der Waals surface area contributed by atoms with E-state index in [-0.39, 0.29) is 24.3 Å². The highest BCUT2D eigenvalue weighted by molar-refractivity contribution is 7.13. The number of benzene rings is 2. The molecule has 3 aromatic rings. The van der Waals surface area contributed by atoms with Crippen molar-refractivity contribution in [1.82, 2.24) is 15.6 Å². The van der Waals surface area contributed by atoms with E-state index in [4.69, 9.17) is 4.74 Å². The molecule has 0 saturated heterocycles. The van der Waals surface area contributed by atoms with Gasteiger partial charge in [0, 0.05) is 23.5 Å². The number of aromatic nitrogens is 1. The molecule has 0 saturated carbocycles. The second-order valence-corrected chi connectivity index (χ2v) is 8.37. The van der Waals surface area contributed by atoms with E-state index >= 15 is 0 Å². The summed E-state index contributed by atoms with van der Waals surface area (Å²) in [6.45, 7) is 6.88. The zero-order chi connectivity index (χ0) is 22.9. The summed E-state index contributed by atoms with van der Waals surface area (Å²) in [6, 6.07) is 15.2.